The van der Waals surface area contributed by atoms with Crippen molar-refractivity contribution in [1.29, 1.82) is 0 Å². The van der Waals surface area contributed by atoms with Crippen LogP contribution in [0.15, 0.2) is 72.8 Å². The molecule has 0 nitrogen and oxygen atoms in total. The van der Waals surface area contributed by atoms with Crippen molar-refractivity contribution in [2.45, 2.75) is 85.6 Å². The zero-order chi connectivity index (χ0) is 26.5. The molecule has 3 aliphatic rings. The number of rotatable bonds is 6. The summed E-state index contributed by atoms with van der Waals surface area (Å²) in [5, 5.41) is 0. The van der Waals surface area contributed by atoms with Crippen molar-refractivity contribution in [1.82, 2.24) is 0 Å². The molecular weight excluding hydrogens is 599 g/mol. The number of hydrogen-bond acceptors (Lipinski definition) is 0. The summed E-state index contributed by atoms with van der Waals surface area (Å²) in [4.78, 5) is 0. The molecule has 0 amide bonds. The Kier molecular flexibility index (Phi) is 3.78. The van der Waals surface area contributed by atoms with E-state index in [2.05, 4.69) is 126 Å². The van der Waals surface area contributed by atoms with Crippen LogP contribution in [0, 0.1) is 5.41 Å². The van der Waals surface area contributed by atoms with E-state index in [1.54, 1.807) is 16.7 Å². The van der Waals surface area contributed by atoms with Gasteiger partial charge in [0.25, 0.3) is 0 Å². The van der Waals surface area contributed by atoms with E-state index >= 15 is 0 Å². The molecule has 1 heteroatoms. The predicted molar refractivity (Wildman–Crippen MR) is 161 cm³/mol. The number of benzene rings is 2. The monoisotopic (exact) mass is 651 g/mol. The van der Waals surface area contributed by atoms with E-state index in [1.807, 2.05) is 0 Å². The van der Waals surface area contributed by atoms with Crippen LogP contribution in [0.3, 0.4) is 0 Å². The van der Waals surface area contributed by atoms with Crippen LogP contribution in [0.25, 0.3) is 6.08 Å². The summed E-state index contributed by atoms with van der Waals surface area (Å²) in [6.07, 6.45) is 20.8. The minimum absolute atomic E-state index is 0.152. The van der Waals surface area contributed by atoms with Crippen LogP contribution in [0.4, 0.5) is 0 Å². The summed E-state index contributed by atoms with van der Waals surface area (Å²) in [6.45, 7) is 4.79. The molecule has 2 aromatic rings. The summed E-state index contributed by atoms with van der Waals surface area (Å²) >= 11 is -5.84. The van der Waals surface area contributed by atoms with Gasteiger partial charge in [-0.25, -0.2) is 0 Å². The molecular formula is C35H51Hf. The molecule has 2 aromatic carbocycles. The van der Waals surface area contributed by atoms with Crippen LogP contribution in [-0.4, -0.2) is 0 Å². The van der Waals surface area contributed by atoms with Crippen molar-refractivity contribution < 1.29 is 12.6 Å². The number of hydrogen-bond donors (Lipinski definition) is 0. The Morgan fingerprint density at radius 2 is 1.33 bits per heavy atom. The zero-order valence-corrected chi connectivity index (χ0v) is 28.2. The molecule has 0 saturated heterocycles. The van der Waals surface area contributed by atoms with E-state index < -0.39 is 12.6 Å². The molecule has 36 heavy (non-hydrogen) atoms. The van der Waals surface area contributed by atoms with Gasteiger partial charge in [0.1, 0.15) is 0 Å². The van der Waals surface area contributed by atoms with Crippen LogP contribution in [-0.2, 0) is 35.1 Å². The summed E-state index contributed by atoms with van der Waals surface area (Å²) in [7, 11) is 0. The predicted octanol–water partition coefficient (Wildman–Crippen LogP) is 11.1. The normalized spacial score (nSPS) is 28.3. The van der Waals surface area contributed by atoms with Crippen molar-refractivity contribution >= 4 is 6.08 Å². The van der Waals surface area contributed by atoms with Gasteiger partial charge in [0.15, 0.2) is 0 Å². The molecule has 1 atom stereocenters. The maximum absolute atomic E-state index is 5.84. The average Bonchev–Trinajstić information content (AvgIpc) is 3.51. The standard InChI is InChI=1S/C23H25.C5H5.7CH3.Hf/c1-3-23(4-2)15-20-13-19-11-10-18(22(19)14-21(20)16-23)12-17-8-6-5-7-9-17;1-2-4-5-3-1;;;;;;;;/h5-11,13-14H,3-4,12,15-16H2,1-2H3;1-5H;7*1H3;. The van der Waals surface area contributed by atoms with Crippen molar-refractivity contribution in [3.8, 4) is 0 Å². The summed E-state index contributed by atoms with van der Waals surface area (Å²) < 4.78 is 19.5. The van der Waals surface area contributed by atoms with Gasteiger partial charge >= 0.3 is 210 Å². The van der Waals surface area contributed by atoms with Gasteiger partial charge in [-0.1, -0.05) is 0 Å². The van der Waals surface area contributed by atoms with Crippen molar-refractivity contribution in [3.05, 3.63) is 101 Å². The van der Waals surface area contributed by atoms with Crippen LogP contribution in [0.5, 0.6) is 0 Å². The van der Waals surface area contributed by atoms with Crippen LogP contribution >= 0.6 is 0 Å². The fourth-order valence-electron chi connectivity index (χ4n) is 9.07. The third-order valence-corrected chi connectivity index (χ3v) is 58.8. The van der Waals surface area contributed by atoms with Gasteiger partial charge in [0, 0.05) is 0 Å². The van der Waals surface area contributed by atoms with E-state index in [4.69, 9.17) is 0 Å². The molecule has 0 radical (unpaired) electrons. The van der Waals surface area contributed by atoms with Crippen LogP contribution in [0.1, 0.15) is 54.5 Å². The Hall–Kier alpha value is -1.47. The van der Waals surface area contributed by atoms with Gasteiger partial charge in [0.2, 0.25) is 0 Å². The molecule has 195 valence electrons. The first-order valence-corrected chi connectivity index (χ1v) is 43.7. The van der Waals surface area contributed by atoms with Crippen LogP contribution < -0.4 is 0 Å². The molecule has 0 fully saturated rings. The van der Waals surface area contributed by atoms with Crippen molar-refractivity contribution in [3.63, 3.8) is 0 Å². The summed E-state index contributed by atoms with van der Waals surface area (Å²) in [5.41, 5.74) is 8.09. The second-order valence-corrected chi connectivity index (χ2v) is 133. The summed E-state index contributed by atoms with van der Waals surface area (Å²) in [6, 6.07) is 16.5. The van der Waals surface area contributed by atoms with E-state index in [0.717, 1.165) is 6.42 Å². The second-order valence-electron chi connectivity index (χ2n) is 23.4. The fourth-order valence-corrected chi connectivity index (χ4v) is 40.9. The molecule has 3 aliphatic carbocycles. The first-order valence-electron chi connectivity index (χ1n) is 14.7. The SMILES string of the molecule is CCC1(CC)Cc2cc3c(cc2C1)[C](Cc1ccccc1)([Hf]([CH3])([CH3])([CH3])([CH3])([CH3])([CH3])([CH3])[CH]1C=CC=C1)C=C3. The van der Waals surface area contributed by atoms with Crippen molar-refractivity contribution in [2.75, 3.05) is 0 Å². The van der Waals surface area contributed by atoms with Gasteiger partial charge in [-0.15, -0.1) is 0 Å². The Bertz CT molecular complexity index is 1410. The molecule has 5 rings (SSSR count). The Labute approximate surface area is 209 Å². The third-order valence-electron chi connectivity index (χ3n) is 13.0. The molecule has 0 bridgehead atoms. The van der Waals surface area contributed by atoms with E-state index in [9.17, 15) is 0 Å². The van der Waals surface area contributed by atoms with Crippen molar-refractivity contribution in [2.24, 2.45) is 5.41 Å². The topological polar surface area (TPSA) is 0 Å². The van der Waals surface area contributed by atoms with Gasteiger partial charge < -0.3 is 0 Å². The quantitative estimate of drug-likeness (QED) is 0.273. The molecule has 0 N–H and O–H groups in total. The Balaban J connectivity index is 1.90. The Morgan fingerprint density at radius 1 is 0.778 bits per heavy atom. The van der Waals surface area contributed by atoms with E-state index in [-0.39, 0.29) is 3.17 Å². The zero-order valence-electron chi connectivity index (χ0n) is 24.6. The van der Waals surface area contributed by atoms with Crippen LogP contribution in [0.2, 0.25) is 36.4 Å². The van der Waals surface area contributed by atoms with E-state index in [1.165, 1.54) is 36.8 Å². The molecule has 0 aliphatic heterocycles. The van der Waals surface area contributed by atoms with Gasteiger partial charge in [-0.05, 0) is 0 Å². The second kappa shape index (κ2) is 5.21. The molecule has 1 unspecified atom stereocenters. The number of allylic oxidation sites excluding steroid dienone is 5. The van der Waals surface area contributed by atoms with E-state index in [0.29, 0.717) is 9.09 Å². The fraction of sp³-hybridized carbons (Fsp3) is 0.486. The average molecular weight is 650 g/mol. The molecule has 0 heterocycles. The van der Waals surface area contributed by atoms with Gasteiger partial charge in [-0.2, -0.15) is 0 Å². The third kappa shape index (κ3) is 3.08. The summed E-state index contributed by atoms with van der Waals surface area (Å²) in [5.74, 6) is 0. The maximum atomic E-state index is 2.75. The minimum atomic E-state index is -5.84. The molecule has 0 spiro atoms. The molecule has 0 aromatic heterocycles. The Morgan fingerprint density at radius 3 is 1.89 bits per heavy atom. The van der Waals surface area contributed by atoms with Gasteiger partial charge in [-0.3, -0.25) is 0 Å². The number of fused-ring (bicyclic) bond motifs is 2. The first-order chi connectivity index (χ1) is 16.1. The first kappa shape index (κ1) is 26.1. The van der Waals surface area contributed by atoms with Gasteiger partial charge in [0.05, 0.1) is 0 Å². The molecule has 0 saturated carbocycles.